The smallest absolute Gasteiger partial charge is 0.339 e. The first-order valence-electron chi connectivity index (χ1n) is 6.91. The lowest BCUT2D eigenvalue weighted by Crippen LogP contribution is -2.37. The SMILES string of the molecule is CCCN(CCC)S(=O)(=O)Nc1ccccc1C(=O)OC. The molecule has 21 heavy (non-hydrogen) atoms. The van der Waals surface area contributed by atoms with Gasteiger partial charge in [0, 0.05) is 13.1 Å². The largest absolute Gasteiger partial charge is 0.465 e. The highest BCUT2D eigenvalue weighted by Crippen LogP contribution is 2.19. The number of hydrogen-bond acceptors (Lipinski definition) is 4. The van der Waals surface area contributed by atoms with E-state index in [9.17, 15) is 13.2 Å². The van der Waals surface area contributed by atoms with Crippen LogP contribution in [0.5, 0.6) is 0 Å². The molecule has 7 heteroatoms. The Morgan fingerprint density at radius 1 is 1.19 bits per heavy atom. The Balaban J connectivity index is 3.05. The Kier molecular flexibility index (Phi) is 6.64. The zero-order valence-corrected chi connectivity index (χ0v) is 13.4. The summed E-state index contributed by atoms with van der Waals surface area (Å²) in [5.74, 6) is -0.578. The van der Waals surface area contributed by atoms with E-state index in [4.69, 9.17) is 0 Å². The molecule has 0 spiro atoms. The van der Waals surface area contributed by atoms with Crippen molar-refractivity contribution >= 4 is 21.9 Å². The van der Waals surface area contributed by atoms with Crippen molar-refractivity contribution in [3.8, 4) is 0 Å². The molecule has 1 aromatic carbocycles. The zero-order chi connectivity index (χ0) is 15.9. The number of carbonyl (C=O) groups excluding carboxylic acids is 1. The normalized spacial score (nSPS) is 11.4. The van der Waals surface area contributed by atoms with Gasteiger partial charge in [0.2, 0.25) is 0 Å². The first kappa shape index (κ1) is 17.5. The van der Waals surface area contributed by atoms with Crippen LogP contribution in [0.4, 0.5) is 5.69 Å². The van der Waals surface area contributed by atoms with E-state index in [0.29, 0.717) is 13.1 Å². The molecular weight excluding hydrogens is 292 g/mol. The molecule has 0 aromatic heterocycles. The average molecular weight is 314 g/mol. The molecule has 1 N–H and O–H groups in total. The van der Waals surface area contributed by atoms with Crippen LogP contribution in [0, 0.1) is 0 Å². The summed E-state index contributed by atoms with van der Waals surface area (Å²) in [4.78, 5) is 11.7. The third-order valence-corrected chi connectivity index (χ3v) is 4.38. The van der Waals surface area contributed by atoms with E-state index in [1.807, 2.05) is 13.8 Å². The maximum absolute atomic E-state index is 12.4. The summed E-state index contributed by atoms with van der Waals surface area (Å²) >= 11 is 0. The number of anilines is 1. The van der Waals surface area contributed by atoms with Gasteiger partial charge in [-0.3, -0.25) is 4.72 Å². The highest BCUT2D eigenvalue weighted by molar-refractivity contribution is 7.90. The van der Waals surface area contributed by atoms with Crippen molar-refractivity contribution in [3.63, 3.8) is 0 Å². The summed E-state index contributed by atoms with van der Waals surface area (Å²) in [6.45, 7) is 4.70. The molecule has 0 aliphatic carbocycles. The molecule has 0 amide bonds. The first-order valence-corrected chi connectivity index (χ1v) is 8.35. The Bertz CT molecular complexity index is 566. The third-order valence-electron chi connectivity index (χ3n) is 2.86. The summed E-state index contributed by atoms with van der Waals surface area (Å²) in [5.41, 5.74) is 0.415. The van der Waals surface area contributed by atoms with E-state index in [1.165, 1.54) is 17.5 Å². The second-order valence-electron chi connectivity index (χ2n) is 4.54. The van der Waals surface area contributed by atoms with Gasteiger partial charge in [-0.1, -0.05) is 26.0 Å². The maximum Gasteiger partial charge on any atom is 0.339 e. The summed E-state index contributed by atoms with van der Waals surface area (Å²) < 4.78 is 33.3. The fourth-order valence-corrected chi connectivity index (χ4v) is 3.35. The fraction of sp³-hybridized carbons (Fsp3) is 0.500. The molecule has 0 fully saturated rings. The van der Waals surface area contributed by atoms with Crippen LogP contribution < -0.4 is 4.72 Å². The fourth-order valence-electron chi connectivity index (χ4n) is 1.91. The number of hydrogen-bond donors (Lipinski definition) is 1. The van der Waals surface area contributed by atoms with Crippen LogP contribution >= 0.6 is 0 Å². The van der Waals surface area contributed by atoms with Gasteiger partial charge in [-0.05, 0) is 25.0 Å². The van der Waals surface area contributed by atoms with Crippen LogP contribution in [0.1, 0.15) is 37.0 Å². The van der Waals surface area contributed by atoms with E-state index in [2.05, 4.69) is 9.46 Å². The minimum atomic E-state index is -3.69. The summed E-state index contributed by atoms with van der Waals surface area (Å²) in [6, 6.07) is 6.38. The van der Waals surface area contributed by atoms with Crippen molar-refractivity contribution in [2.75, 3.05) is 24.9 Å². The summed E-state index contributed by atoms with van der Waals surface area (Å²) in [5, 5.41) is 0. The predicted octanol–water partition coefficient (Wildman–Crippen LogP) is 2.25. The van der Waals surface area contributed by atoms with Gasteiger partial charge >= 0.3 is 16.2 Å². The van der Waals surface area contributed by atoms with Crippen LogP contribution in [-0.2, 0) is 14.9 Å². The topological polar surface area (TPSA) is 75.7 Å². The maximum atomic E-state index is 12.4. The lowest BCUT2D eigenvalue weighted by Gasteiger charge is -2.22. The Morgan fingerprint density at radius 2 is 1.76 bits per heavy atom. The number of nitrogens with one attached hydrogen (secondary N) is 1. The van der Waals surface area contributed by atoms with E-state index in [1.54, 1.807) is 18.2 Å². The quantitative estimate of drug-likeness (QED) is 0.747. The van der Waals surface area contributed by atoms with E-state index >= 15 is 0 Å². The van der Waals surface area contributed by atoms with Gasteiger partial charge in [0.25, 0.3) is 0 Å². The van der Waals surface area contributed by atoms with Crippen LogP contribution in [-0.4, -0.2) is 38.9 Å². The minimum Gasteiger partial charge on any atom is -0.465 e. The lowest BCUT2D eigenvalue weighted by molar-refractivity contribution is 0.0602. The molecule has 6 nitrogen and oxygen atoms in total. The highest BCUT2D eigenvalue weighted by atomic mass is 32.2. The number of para-hydroxylation sites is 1. The number of nitrogens with zero attached hydrogens (tertiary/aromatic N) is 1. The van der Waals surface area contributed by atoms with Gasteiger partial charge in [-0.2, -0.15) is 12.7 Å². The van der Waals surface area contributed by atoms with Gasteiger partial charge in [0.1, 0.15) is 0 Å². The molecule has 0 atom stereocenters. The zero-order valence-electron chi connectivity index (χ0n) is 12.6. The monoisotopic (exact) mass is 314 g/mol. The van der Waals surface area contributed by atoms with Gasteiger partial charge in [0.15, 0.2) is 0 Å². The predicted molar refractivity (Wildman–Crippen MR) is 82.5 cm³/mol. The molecule has 0 bridgehead atoms. The van der Waals surface area contributed by atoms with Gasteiger partial charge in [0.05, 0.1) is 18.4 Å². The summed E-state index contributed by atoms with van der Waals surface area (Å²) in [6.07, 6.45) is 1.44. The van der Waals surface area contributed by atoms with Crippen molar-refractivity contribution in [1.82, 2.24) is 4.31 Å². The standard InChI is InChI=1S/C14H22N2O4S/c1-4-10-16(11-5-2)21(18,19)15-13-9-7-6-8-12(13)14(17)20-3/h6-9,15H,4-5,10-11H2,1-3H3. The minimum absolute atomic E-state index is 0.191. The molecule has 0 saturated carbocycles. The molecule has 0 heterocycles. The molecule has 0 radical (unpaired) electrons. The van der Waals surface area contributed by atoms with Crippen molar-refractivity contribution < 1.29 is 17.9 Å². The number of benzene rings is 1. The van der Waals surface area contributed by atoms with Crippen molar-refractivity contribution in [1.29, 1.82) is 0 Å². The van der Waals surface area contributed by atoms with Crippen molar-refractivity contribution in [2.24, 2.45) is 0 Å². The van der Waals surface area contributed by atoms with E-state index in [0.717, 1.165) is 12.8 Å². The van der Waals surface area contributed by atoms with E-state index in [-0.39, 0.29) is 11.3 Å². The molecule has 0 unspecified atom stereocenters. The van der Waals surface area contributed by atoms with Crippen LogP contribution in [0.2, 0.25) is 0 Å². The number of ether oxygens (including phenoxy) is 1. The molecule has 118 valence electrons. The molecule has 0 aliphatic rings. The summed E-state index contributed by atoms with van der Waals surface area (Å²) in [7, 11) is -2.43. The average Bonchev–Trinajstić information content (AvgIpc) is 2.46. The van der Waals surface area contributed by atoms with Crippen LogP contribution in [0.25, 0.3) is 0 Å². The Hall–Kier alpha value is -1.60. The van der Waals surface area contributed by atoms with Gasteiger partial charge in [-0.15, -0.1) is 0 Å². The van der Waals surface area contributed by atoms with Crippen LogP contribution in [0.3, 0.4) is 0 Å². The third kappa shape index (κ3) is 4.71. The number of rotatable bonds is 8. The number of methoxy groups -OCH3 is 1. The number of carbonyl (C=O) groups is 1. The van der Waals surface area contributed by atoms with Crippen LogP contribution in [0.15, 0.2) is 24.3 Å². The Morgan fingerprint density at radius 3 is 2.29 bits per heavy atom. The highest BCUT2D eigenvalue weighted by Gasteiger charge is 2.22. The molecule has 1 rings (SSSR count). The molecule has 0 saturated heterocycles. The molecule has 0 aliphatic heterocycles. The second kappa shape index (κ2) is 7.99. The van der Waals surface area contributed by atoms with Crippen molar-refractivity contribution in [2.45, 2.75) is 26.7 Å². The van der Waals surface area contributed by atoms with Gasteiger partial charge < -0.3 is 4.74 Å². The Labute approximate surface area is 126 Å². The second-order valence-corrected chi connectivity index (χ2v) is 6.21. The first-order chi connectivity index (χ1) is 9.96. The molecular formula is C14H22N2O4S. The van der Waals surface area contributed by atoms with Gasteiger partial charge in [-0.25, -0.2) is 4.79 Å². The number of esters is 1. The molecule has 1 aromatic rings. The van der Waals surface area contributed by atoms with E-state index < -0.39 is 16.2 Å². The lowest BCUT2D eigenvalue weighted by atomic mass is 10.2. The van der Waals surface area contributed by atoms with Crippen molar-refractivity contribution in [3.05, 3.63) is 29.8 Å².